The third kappa shape index (κ3) is 3.69. The fourth-order valence-electron chi connectivity index (χ4n) is 0.762. The Bertz CT molecular complexity index is 147. The minimum Gasteiger partial charge on any atom is -0.480 e. The lowest BCUT2D eigenvalue weighted by atomic mass is 10.1. The van der Waals surface area contributed by atoms with Crippen molar-refractivity contribution in [1.29, 1.82) is 0 Å². The van der Waals surface area contributed by atoms with Crippen LogP contribution in [0.4, 0.5) is 0 Å². The maximum atomic E-state index is 10.5. The Balaban J connectivity index is 3.94. The largest absolute Gasteiger partial charge is 0.480 e. The normalized spacial score (nSPS) is 16.1. The van der Waals surface area contributed by atoms with Gasteiger partial charge in [-0.25, -0.2) is 0 Å². The van der Waals surface area contributed by atoms with Crippen molar-refractivity contribution in [2.75, 3.05) is 0 Å². The molecule has 2 unspecified atom stereocenters. The van der Waals surface area contributed by atoms with Gasteiger partial charge in [0.15, 0.2) is 0 Å². The second kappa shape index (κ2) is 5.11. The molecule has 0 aromatic rings. The highest BCUT2D eigenvalue weighted by molar-refractivity contribution is 5.73. The minimum absolute atomic E-state index is 0.0263. The number of aliphatic hydroxyl groups excluding tert-OH is 1. The predicted octanol–water partition coefficient (Wildman–Crippen LogP) is 0.414. The van der Waals surface area contributed by atoms with Gasteiger partial charge in [0.1, 0.15) is 12.3 Å². The van der Waals surface area contributed by atoms with Crippen LogP contribution in [0.25, 0.3) is 0 Å². The molecule has 0 saturated heterocycles. The zero-order chi connectivity index (χ0) is 9.72. The van der Waals surface area contributed by atoms with E-state index in [9.17, 15) is 9.90 Å². The van der Waals surface area contributed by atoms with Crippen LogP contribution in [-0.4, -0.2) is 28.5 Å². The Hall–Kier alpha value is -0.610. The molecule has 72 valence electrons. The summed E-state index contributed by atoms with van der Waals surface area (Å²) in [6, 6.07) is -0.651. The second-order valence-corrected chi connectivity index (χ2v) is 3.15. The molecule has 0 aromatic heterocycles. The first-order chi connectivity index (χ1) is 5.49. The van der Waals surface area contributed by atoms with Crippen LogP contribution < -0.4 is 5.32 Å². The summed E-state index contributed by atoms with van der Waals surface area (Å²) in [4.78, 5) is 10.5. The lowest BCUT2D eigenvalue weighted by Crippen LogP contribution is -2.45. The van der Waals surface area contributed by atoms with Crippen LogP contribution >= 0.6 is 0 Å². The maximum Gasteiger partial charge on any atom is 0.320 e. The van der Waals surface area contributed by atoms with Crippen molar-refractivity contribution >= 4 is 5.97 Å². The first-order valence-corrected chi connectivity index (χ1v) is 4.16. The van der Waals surface area contributed by atoms with Crippen LogP contribution in [0.2, 0.25) is 0 Å². The molecule has 0 aromatic carbocycles. The van der Waals surface area contributed by atoms with E-state index in [1.165, 1.54) is 0 Å². The fourth-order valence-corrected chi connectivity index (χ4v) is 0.762. The topological polar surface area (TPSA) is 69.6 Å². The molecule has 4 heteroatoms. The van der Waals surface area contributed by atoms with Crippen LogP contribution in [0, 0.1) is 5.92 Å². The number of hydrogen-bond donors (Lipinski definition) is 3. The highest BCUT2D eigenvalue weighted by Crippen LogP contribution is 2.00. The highest BCUT2D eigenvalue weighted by Gasteiger charge is 2.19. The lowest BCUT2D eigenvalue weighted by molar-refractivity contribution is -0.140. The number of rotatable bonds is 5. The van der Waals surface area contributed by atoms with E-state index in [0.717, 1.165) is 0 Å². The Morgan fingerprint density at radius 1 is 1.50 bits per heavy atom. The molecule has 0 saturated carbocycles. The number of hydrogen-bond acceptors (Lipinski definition) is 3. The summed E-state index contributed by atoms with van der Waals surface area (Å²) in [5.41, 5.74) is 0. The Morgan fingerprint density at radius 2 is 2.00 bits per heavy atom. The number of carbonyl (C=O) groups is 1. The first kappa shape index (κ1) is 11.4. The molecule has 0 heterocycles. The van der Waals surface area contributed by atoms with Crippen LogP contribution in [0.3, 0.4) is 0 Å². The van der Waals surface area contributed by atoms with Gasteiger partial charge in [-0.05, 0) is 12.3 Å². The van der Waals surface area contributed by atoms with Crippen molar-refractivity contribution in [1.82, 2.24) is 5.32 Å². The first-order valence-electron chi connectivity index (χ1n) is 4.16. The standard InChI is InChI=1S/C8H17NO3/c1-4-6(8(11)12)9-7(10)5(2)3/h5-7,9-10H,4H2,1-3H3,(H,11,12). The number of aliphatic hydroxyl groups is 1. The molecule has 12 heavy (non-hydrogen) atoms. The van der Waals surface area contributed by atoms with Crippen molar-refractivity contribution < 1.29 is 15.0 Å². The van der Waals surface area contributed by atoms with Gasteiger partial charge in [0, 0.05) is 0 Å². The van der Waals surface area contributed by atoms with Gasteiger partial charge in [0.2, 0.25) is 0 Å². The molecular formula is C8H17NO3. The fraction of sp³-hybridized carbons (Fsp3) is 0.875. The average molecular weight is 175 g/mol. The Labute approximate surface area is 72.6 Å². The summed E-state index contributed by atoms with van der Waals surface area (Å²) in [5.74, 6) is -0.893. The Morgan fingerprint density at radius 3 is 2.25 bits per heavy atom. The SMILES string of the molecule is CCC(NC(O)C(C)C)C(=O)O. The molecule has 0 amide bonds. The van der Waals surface area contributed by atoms with E-state index in [-0.39, 0.29) is 5.92 Å². The van der Waals surface area contributed by atoms with Gasteiger partial charge in [-0.2, -0.15) is 0 Å². The minimum atomic E-state index is -0.919. The van der Waals surface area contributed by atoms with Gasteiger partial charge < -0.3 is 10.2 Å². The molecule has 0 bridgehead atoms. The molecule has 0 spiro atoms. The van der Waals surface area contributed by atoms with E-state index < -0.39 is 18.2 Å². The smallest absolute Gasteiger partial charge is 0.320 e. The number of carboxylic acid groups (broad SMARTS) is 1. The summed E-state index contributed by atoms with van der Waals surface area (Å²) in [7, 11) is 0. The summed E-state index contributed by atoms with van der Waals surface area (Å²) in [6.07, 6.45) is -0.273. The van der Waals surface area contributed by atoms with E-state index in [1.54, 1.807) is 6.92 Å². The van der Waals surface area contributed by atoms with E-state index >= 15 is 0 Å². The molecule has 0 aliphatic rings. The molecule has 0 fully saturated rings. The molecule has 0 aliphatic heterocycles. The predicted molar refractivity (Wildman–Crippen MR) is 45.7 cm³/mol. The summed E-state index contributed by atoms with van der Waals surface area (Å²) >= 11 is 0. The number of carboxylic acids is 1. The number of nitrogens with one attached hydrogen (secondary N) is 1. The van der Waals surface area contributed by atoms with E-state index in [0.29, 0.717) is 6.42 Å². The molecule has 4 nitrogen and oxygen atoms in total. The molecule has 2 atom stereocenters. The van der Waals surface area contributed by atoms with Gasteiger partial charge in [0.25, 0.3) is 0 Å². The van der Waals surface area contributed by atoms with Gasteiger partial charge >= 0.3 is 5.97 Å². The molecule has 0 aliphatic carbocycles. The van der Waals surface area contributed by atoms with E-state index in [4.69, 9.17) is 5.11 Å². The van der Waals surface area contributed by atoms with Crippen molar-refractivity contribution in [3.8, 4) is 0 Å². The third-order valence-electron chi connectivity index (χ3n) is 1.71. The summed E-state index contributed by atoms with van der Waals surface area (Å²) in [5, 5.41) is 20.6. The van der Waals surface area contributed by atoms with E-state index in [1.807, 2.05) is 13.8 Å². The summed E-state index contributed by atoms with van der Waals surface area (Å²) < 4.78 is 0. The van der Waals surface area contributed by atoms with Gasteiger partial charge in [-0.3, -0.25) is 10.1 Å². The zero-order valence-electron chi connectivity index (χ0n) is 7.74. The molecule has 3 N–H and O–H groups in total. The monoisotopic (exact) mass is 175 g/mol. The van der Waals surface area contributed by atoms with Gasteiger partial charge in [-0.15, -0.1) is 0 Å². The average Bonchev–Trinajstić information content (AvgIpc) is 1.98. The quantitative estimate of drug-likeness (QED) is 0.529. The van der Waals surface area contributed by atoms with Crippen molar-refractivity contribution in [3.63, 3.8) is 0 Å². The van der Waals surface area contributed by atoms with Gasteiger partial charge in [0.05, 0.1) is 0 Å². The summed E-state index contributed by atoms with van der Waals surface area (Å²) in [6.45, 7) is 5.41. The van der Waals surface area contributed by atoms with Crippen LogP contribution in [0.15, 0.2) is 0 Å². The van der Waals surface area contributed by atoms with Crippen LogP contribution in [0.1, 0.15) is 27.2 Å². The third-order valence-corrected chi connectivity index (χ3v) is 1.71. The van der Waals surface area contributed by atoms with Crippen molar-refractivity contribution in [2.24, 2.45) is 5.92 Å². The second-order valence-electron chi connectivity index (χ2n) is 3.15. The molecule has 0 radical (unpaired) electrons. The number of aliphatic carboxylic acids is 1. The highest BCUT2D eigenvalue weighted by atomic mass is 16.4. The Kier molecular flexibility index (Phi) is 4.85. The molecule has 0 rings (SSSR count). The lowest BCUT2D eigenvalue weighted by Gasteiger charge is -2.20. The molecular weight excluding hydrogens is 158 g/mol. The zero-order valence-corrected chi connectivity index (χ0v) is 7.74. The van der Waals surface area contributed by atoms with Crippen LogP contribution in [0.5, 0.6) is 0 Å². The van der Waals surface area contributed by atoms with E-state index in [2.05, 4.69) is 5.32 Å². The maximum absolute atomic E-state index is 10.5. The van der Waals surface area contributed by atoms with Crippen molar-refractivity contribution in [2.45, 2.75) is 39.5 Å². The van der Waals surface area contributed by atoms with Crippen molar-refractivity contribution in [3.05, 3.63) is 0 Å². The van der Waals surface area contributed by atoms with Gasteiger partial charge in [-0.1, -0.05) is 20.8 Å². The van der Waals surface area contributed by atoms with Crippen LogP contribution in [-0.2, 0) is 4.79 Å².